The molecule has 1 aliphatic carbocycles. The van der Waals surface area contributed by atoms with Crippen molar-refractivity contribution in [1.29, 1.82) is 0 Å². The molecule has 0 heterocycles. The highest BCUT2D eigenvalue weighted by Crippen LogP contribution is 2.42. The Morgan fingerprint density at radius 3 is 2.53 bits per heavy atom. The standard InChI is InChI=1S/C16H32N2O/c1-4-5-10-18-15(19)12-17-13-16(11-14(2)3)8-6-7-9-16/h14,17H,4-13H2,1-3H3,(H,18,19). The molecule has 1 fully saturated rings. The quantitative estimate of drug-likeness (QED) is 0.631. The first-order chi connectivity index (χ1) is 9.08. The average Bonchev–Trinajstić information content (AvgIpc) is 2.77. The van der Waals surface area contributed by atoms with E-state index in [1.54, 1.807) is 0 Å². The largest absolute Gasteiger partial charge is 0.355 e. The fraction of sp³-hybridized carbons (Fsp3) is 0.938. The molecule has 0 saturated heterocycles. The average molecular weight is 268 g/mol. The van der Waals surface area contributed by atoms with Crippen molar-refractivity contribution in [3.8, 4) is 0 Å². The lowest BCUT2D eigenvalue weighted by atomic mass is 9.78. The molecule has 0 aliphatic heterocycles. The van der Waals surface area contributed by atoms with Gasteiger partial charge in [-0.15, -0.1) is 0 Å². The minimum absolute atomic E-state index is 0.145. The number of unbranched alkanes of at least 4 members (excludes halogenated alkanes) is 1. The molecule has 0 bridgehead atoms. The molecule has 0 aromatic carbocycles. The summed E-state index contributed by atoms with van der Waals surface area (Å²) in [5, 5.41) is 6.35. The van der Waals surface area contributed by atoms with Gasteiger partial charge in [0.25, 0.3) is 0 Å². The van der Waals surface area contributed by atoms with Crippen molar-refractivity contribution in [3.05, 3.63) is 0 Å². The normalized spacial score (nSPS) is 17.9. The van der Waals surface area contributed by atoms with Gasteiger partial charge in [-0.25, -0.2) is 0 Å². The molecule has 0 unspecified atom stereocenters. The van der Waals surface area contributed by atoms with Gasteiger partial charge in [-0.3, -0.25) is 4.79 Å². The van der Waals surface area contributed by atoms with Crippen LogP contribution < -0.4 is 10.6 Å². The molecule has 1 aliphatic rings. The Morgan fingerprint density at radius 2 is 1.95 bits per heavy atom. The van der Waals surface area contributed by atoms with Crippen molar-refractivity contribution >= 4 is 5.91 Å². The van der Waals surface area contributed by atoms with Gasteiger partial charge in [0.2, 0.25) is 5.91 Å². The lowest BCUT2D eigenvalue weighted by Gasteiger charge is -2.31. The first kappa shape index (κ1) is 16.5. The van der Waals surface area contributed by atoms with Crippen LogP contribution in [0.15, 0.2) is 0 Å². The molecule has 0 aromatic heterocycles. The first-order valence-electron chi connectivity index (χ1n) is 8.05. The van der Waals surface area contributed by atoms with Crippen LogP contribution in [0, 0.1) is 11.3 Å². The summed E-state index contributed by atoms with van der Waals surface area (Å²) in [5.74, 6) is 0.893. The second kappa shape index (κ2) is 8.57. The van der Waals surface area contributed by atoms with Crippen molar-refractivity contribution in [1.82, 2.24) is 10.6 Å². The summed E-state index contributed by atoms with van der Waals surface area (Å²) in [6.45, 7) is 9.04. The van der Waals surface area contributed by atoms with Gasteiger partial charge in [-0.2, -0.15) is 0 Å². The molecule has 2 N–H and O–H groups in total. The summed E-state index contributed by atoms with van der Waals surface area (Å²) < 4.78 is 0. The lowest BCUT2D eigenvalue weighted by molar-refractivity contribution is -0.120. The minimum Gasteiger partial charge on any atom is -0.355 e. The van der Waals surface area contributed by atoms with Crippen molar-refractivity contribution in [3.63, 3.8) is 0 Å². The van der Waals surface area contributed by atoms with Crippen LogP contribution in [0.3, 0.4) is 0 Å². The highest BCUT2D eigenvalue weighted by molar-refractivity contribution is 5.77. The third-order valence-corrected chi connectivity index (χ3v) is 4.14. The molecule has 1 saturated carbocycles. The Bertz CT molecular complexity index is 257. The van der Waals surface area contributed by atoms with E-state index in [-0.39, 0.29) is 5.91 Å². The monoisotopic (exact) mass is 268 g/mol. The second-order valence-corrected chi connectivity index (χ2v) is 6.61. The van der Waals surface area contributed by atoms with E-state index in [9.17, 15) is 4.79 Å². The van der Waals surface area contributed by atoms with E-state index in [4.69, 9.17) is 0 Å². The summed E-state index contributed by atoms with van der Waals surface area (Å²) in [6, 6.07) is 0. The Kier molecular flexibility index (Phi) is 7.44. The van der Waals surface area contributed by atoms with Crippen LogP contribution >= 0.6 is 0 Å². The Balaban J connectivity index is 2.23. The van der Waals surface area contributed by atoms with Crippen molar-refractivity contribution in [2.24, 2.45) is 11.3 Å². The van der Waals surface area contributed by atoms with Gasteiger partial charge in [0.15, 0.2) is 0 Å². The lowest BCUT2D eigenvalue weighted by Crippen LogP contribution is -2.40. The predicted octanol–water partition coefficient (Wildman–Crippen LogP) is 3.10. The number of hydrogen-bond donors (Lipinski definition) is 2. The van der Waals surface area contributed by atoms with Crippen LogP contribution in [-0.2, 0) is 4.79 Å². The van der Waals surface area contributed by atoms with E-state index in [0.717, 1.165) is 31.8 Å². The van der Waals surface area contributed by atoms with Crippen LogP contribution in [0.25, 0.3) is 0 Å². The van der Waals surface area contributed by atoms with Gasteiger partial charge in [0.1, 0.15) is 0 Å². The van der Waals surface area contributed by atoms with Gasteiger partial charge in [-0.1, -0.05) is 40.0 Å². The summed E-state index contributed by atoms with van der Waals surface area (Å²) in [5.41, 5.74) is 0.456. The molecule has 19 heavy (non-hydrogen) atoms. The third kappa shape index (κ3) is 6.42. The highest BCUT2D eigenvalue weighted by Gasteiger charge is 2.33. The number of amides is 1. The number of rotatable bonds is 9. The molecular weight excluding hydrogens is 236 g/mol. The maximum Gasteiger partial charge on any atom is 0.233 e. The van der Waals surface area contributed by atoms with Gasteiger partial charge in [0, 0.05) is 13.1 Å². The zero-order valence-electron chi connectivity index (χ0n) is 13.1. The molecule has 0 radical (unpaired) electrons. The van der Waals surface area contributed by atoms with Gasteiger partial charge >= 0.3 is 0 Å². The Labute approximate surface area is 118 Å². The fourth-order valence-corrected chi connectivity index (χ4v) is 3.35. The summed E-state index contributed by atoms with van der Waals surface area (Å²) in [6.07, 6.45) is 8.87. The summed E-state index contributed by atoms with van der Waals surface area (Å²) in [7, 11) is 0. The van der Waals surface area contributed by atoms with Crippen LogP contribution in [0.4, 0.5) is 0 Å². The van der Waals surface area contributed by atoms with Crippen molar-refractivity contribution < 1.29 is 4.79 Å². The van der Waals surface area contributed by atoms with Gasteiger partial charge in [-0.05, 0) is 37.0 Å². The molecule has 1 amide bonds. The van der Waals surface area contributed by atoms with E-state index in [2.05, 4.69) is 31.4 Å². The van der Waals surface area contributed by atoms with Crippen LogP contribution in [-0.4, -0.2) is 25.5 Å². The molecule has 112 valence electrons. The van der Waals surface area contributed by atoms with E-state index in [0.29, 0.717) is 12.0 Å². The molecular formula is C16H32N2O. The Hall–Kier alpha value is -0.570. The highest BCUT2D eigenvalue weighted by atomic mass is 16.1. The molecule has 0 aromatic rings. The SMILES string of the molecule is CCCCNC(=O)CNCC1(CC(C)C)CCCC1. The zero-order chi connectivity index (χ0) is 14.1. The van der Waals surface area contributed by atoms with E-state index in [1.165, 1.54) is 32.1 Å². The number of carbonyl (C=O) groups excluding carboxylic acids is 1. The molecule has 0 spiro atoms. The minimum atomic E-state index is 0.145. The van der Waals surface area contributed by atoms with E-state index in [1.807, 2.05) is 0 Å². The first-order valence-corrected chi connectivity index (χ1v) is 8.05. The van der Waals surface area contributed by atoms with Crippen LogP contribution in [0.5, 0.6) is 0 Å². The smallest absolute Gasteiger partial charge is 0.233 e. The van der Waals surface area contributed by atoms with Crippen LogP contribution in [0.1, 0.15) is 65.7 Å². The maximum atomic E-state index is 11.6. The third-order valence-electron chi connectivity index (χ3n) is 4.14. The summed E-state index contributed by atoms with van der Waals surface area (Å²) >= 11 is 0. The van der Waals surface area contributed by atoms with Crippen molar-refractivity contribution in [2.45, 2.75) is 65.7 Å². The van der Waals surface area contributed by atoms with Crippen molar-refractivity contribution in [2.75, 3.05) is 19.6 Å². The molecule has 3 nitrogen and oxygen atoms in total. The number of carbonyl (C=O) groups is 1. The molecule has 3 heteroatoms. The zero-order valence-corrected chi connectivity index (χ0v) is 13.1. The second-order valence-electron chi connectivity index (χ2n) is 6.61. The van der Waals surface area contributed by atoms with Gasteiger partial charge < -0.3 is 10.6 Å². The predicted molar refractivity (Wildman–Crippen MR) is 81.1 cm³/mol. The molecule has 0 atom stereocenters. The Morgan fingerprint density at radius 1 is 1.26 bits per heavy atom. The van der Waals surface area contributed by atoms with Crippen LogP contribution in [0.2, 0.25) is 0 Å². The fourth-order valence-electron chi connectivity index (χ4n) is 3.35. The topological polar surface area (TPSA) is 41.1 Å². The number of hydrogen-bond acceptors (Lipinski definition) is 2. The molecule has 1 rings (SSSR count). The summed E-state index contributed by atoms with van der Waals surface area (Å²) in [4.78, 5) is 11.6. The van der Waals surface area contributed by atoms with E-state index < -0.39 is 0 Å². The van der Waals surface area contributed by atoms with E-state index >= 15 is 0 Å². The number of nitrogens with one attached hydrogen (secondary N) is 2. The maximum absolute atomic E-state index is 11.6. The van der Waals surface area contributed by atoms with Gasteiger partial charge in [0.05, 0.1) is 6.54 Å².